The lowest BCUT2D eigenvalue weighted by Crippen LogP contribution is -2.34. The van der Waals surface area contributed by atoms with E-state index in [0.717, 1.165) is 24.9 Å². The summed E-state index contributed by atoms with van der Waals surface area (Å²) in [5, 5.41) is 3.55. The molecule has 4 heteroatoms. The van der Waals surface area contributed by atoms with Gasteiger partial charge in [-0.15, -0.1) is 0 Å². The van der Waals surface area contributed by atoms with Gasteiger partial charge in [0.05, 0.1) is 5.52 Å². The smallest absolute Gasteiger partial charge is 0.408 e. The van der Waals surface area contributed by atoms with Crippen molar-refractivity contribution in [2.45, 2.75) is 38.1 Å². The summed E-state index contributed by atoms with van der Waals surface area (Å²) in [6, 6.07) is 6.60. The topological polar surface area (TPSA) is 58.0 Å². The summed E-state index contributed by atoms with van der Waals surface area (Å²) in [6.07, 6.45) is 6.10. The number of fused-ring (bicyclic) bond motifs is 1. The van der Waals surface area contributed by atoms with Crippen LogP contribution in [0.4, 0.5) is 0 Å². The summed E-state index contributed by atoms with van der Waals surface area (Å²) in [4.78, 5) is 13.7. The van der Waals surface area contributed by atoms with Crippen LogP contribution in [0.3, 0.4) is 0 Å². The van der Waals surface area contributed by atoms with E-state index in [1.54, 1.807) is 0 Å². The lowest BCUT2D eigenvalue weighted by atomic mass is 9.98. The van der Waals surface area contributed by atoms with Crippen molar-refractivity contribution in [1.29, 1.82) is 0 Å². The average molecular weight is 246 g/mol. The third-order valence-corrected chi connectivity index (χ3v) is 3.68. The predicted molar refractivity (Wildman–Crippen MR) is 70.8 cm³/mol. The fourth-order valence-corrected chi connectivity index (χ4v) is 2.66. The van der Waals surface area contributed by atoms with Crippen molar-refractivity contribution in [2.24, 2.45) is 0 Å². The van der Waals surface area contributed by atoms with Gasteiger partial charge >= 0.3 is 5.76 Å². The predicted octanol–water partition coefficient (Wildman–Crippen LogP) is 2.20. The number of oxazole rings is 1. The van der Waals surface area contributed by atoms with Crippen molar-refractivity contribution in [2.75, 3.05) is 6.54 Å². The van der Waals surface area contributed by atoms with Crippen molar-refractivity contribution in [3.63, 3.8) is 0 Å². The first-order valence-electron chi connectivity index (χ1n) is 6.66. The molecule has 1 unspecified atom stereocenters. The van der Waals surface area contributed by atoms with E-state index in [4.69, 9.17) is 4.42 Å². The van der Waals surface area contributed by atoms with Gasteiger partial charge in [-0.2, -0.15) is 0 Å². The molecule has 1 aliphatic heterocycles. The van der Waals surface area contributed by atoms with Crippen molar-refractivity contribution in [1.82, 2.24) is 10.3 Å². The fourth-order valence-electron chi connectivity index (χ4n) is 2.66. The maximum absolute atomic E-state index is 11.1. The van der Waals surface area contributed by atoms with Gasteiger partial charge in [0.1, 0.15) is 0 Å². The Bertz CT molecular complexity index is 579. The number of nitrogens with one attached hydrogen (secondary N) is 2. The van der Waals surface area contributed by atoms with Gasteiger partial charge in [-0.25, -0.2) is 4.79 Å². The van der Waals surface area contributed by atoms with E-state index in [1.165, 1.54) is 24.8 Å². The number of benzene rings is 1. The standard InChI is InChI=1S/C14H18N2O2/c17-14-16-12-7-5-10(9-13(12)18-14)4-6-11-3-1-2-8-15-11/h5,7,9,11,15H,1-4,6,8H2,(H,16,17). The second kappa shape index (κ2) is 4.98. The second-order valence-corrected chi connectivity index (χ2v) is 5.03. The number of hydrogen-bond donors (Lipinski definition) is 2. The van der Waals surface area contributed by atoms with Gasteiger partial charge in [0.15, 0.2) is 5.58 Å². The molecule has 3 rings (SSSR count). The Balaban J connectivity index is 1.68. The van der Waals surface area contributed by atoms with Crippen molar-refractivity contribution >= 4 is 11.1 Å². The van der Waals surface area contributed by atoms with E-state index in [1.807, 2.05) is 12.1 Å². The zero-order chi connectivity index (χ0) is 12.4. The van der Waals surface area contributed by atoms with Crippen molar-refractivity contribution in [3.05, 3.63) is 34.3 Å². The van der Waals surface area contributed by atoms with E-state index in [0.29, 0.717) is 11.6 Å². The molecule has 2 aromatic rings. The molecule has 0 aliphatic carbocycles. The molecule has 0 spiro atoms. The van der Waals surface area contributed by atoms with E-state index in [-0.39, 0.29) is 5.76 Å². The van der Waals surface area contributed by atoms with Crippen LogP contribution < -0.4 is 11.1 Å². The molecule has 0 bridgehead atoms. The number of rotatable bonds is 3. The normalized spacial score (nSPS) is 20.3. The molecule has 0 radical (unpaired) electrons. The van der Waals surface area contributed by atoms with Gasteiger partial charge in [-0.3, -0.25) is 4.98 Å². The zero-order valence-electron chi connectivity index (χ0n) is 10.4. The molecule has 4 nitrogen and oxygen atoms in total. The highest BCUT2D eigenvalue weighted by Crippen LogP contribution is 2.16. The van der Waals surface area contributed by atoms with Crippen LogP contribution in [-0.2, 0) is 6.42 Å². The Kier molecular flexibility index (Phi) is 3.19. The van der Waals surface area contributed by atoms with Crippen LogP contribution in [0.5, 0.6) is 0 Å². The summed E-state index contributed by atoms with van der Waals surface area (Å²) in [7, 11) is 0. The molecule has 1 fully saturated rings. The van der Waals surface area contributed by atoms with E-state index in [2.05, 4.69) is 16.4 Å². The van der Waals surface area contributed by atoms with Crippen LogP contribution in [0.15, 0.2) is 27.4 Å². The number of aromatic nitrogens is 1. The molecule has 1 atom stereocenters. The van der Waals surface area contributed by atoms with Crippen LogP contribution in [0.2, 0.25) is 0 Å². The van der Waals surface area contributed by atoms with Crippen molar-refractivity contribution < 1.29 is 4.42 Å². The molecule has 0 amide bonds. The zero-order valence-corrected chi connectivity index (χ0v) is 10.4. The molecule has 2 heterocycles. The number of aryl methyl sites for hydroxylation is 1. The number of H-pyrrole nitrogens is 1. The van der Waals surface area contributed by atoms with Crippen LogP contribution in [0.1, 0.15) is 31.2 Å². The number of piperidine rings is 1. The fraction of sp³-hybridized carbons (Fsp3) is 0.500. The second-order valence-electron chi connectivity index (χ2n) is 5.03. The lowest BCUT2D eigenvalue weighted by molar-refractivity contribution is 0.383. The minimum absolute atomic E-state index is 0.379. The highest BCUT2D eigenvalue weighted by atomic mass is 16.4. The maximum Gasteiger partial charge on any atom is 0.417 e. The Morgan fingerprint density at radius 1 is 1.33 bits per heavy atom. The summed E-state index contributed by atoms with van der Waals surface area (Å²) < 4.78 is 5.07. The molecule has 1 saturated heterocycles. The summed E-state index contributed by atoms with van der Waals surface area (Å²) in [5.41, 5.74) is 2.67. The number of aromatic amines is 1. The molecule has 2 N–H and O–H groups in total. The largest absolute Gasteiger partial charge is 0.417 e. The van der Waals surface area contributed by atoms with Gasteiger partial charge in [0.25, 0.3) is 0 Å². The van der Waals surface area contributed by atoms with Gasteiger partial charge < -0.3 is 9.73 Å². The third kappa shape index (κ3) is 2.48. The maximum atomic E-state index is 11.1. The first-order valence-corrected chi connectivity index (χ1v) is 6.66. The summed E-state index contributed by atoms with van der Waals surface area (Å²) in [6.45, 7) is 1.15. The van der Waals surface area contributed by atoms with E-state index < -0.39 is 0 Å². The average Bonchev–Trinajstić information content (AvgIpc) is 2.77. The Labute approximate surface area is 105 Å². The Morgan fingerprint density at radius 2 is 2.28 bits per heavy atom. The van der Waals surface area contributed by atoms with Gasteiger partial charge in [-0.1, -0.05) is 12.5 Å². The molecule has 1 aliphatic rings. The van der Waals surface area contributed by atoms with Gasteiger partial charge in [0, 0.05) is 6.04 Å². The molecular weight excluding hydrogens is 228 g/mol. The quantitative estimate of drug-likeness (QED) is 0.872. The minimum Gasteiger partial charge on any atom is -0.408 e. The molecule has 1 aromatic heterocycles. The highest BCUT2D eigenvalue weighted by Gasteiger charge is 2.12. The Morgan fingerprint density at radius 3 is 3.11 bits per heavy atom. The SMILES string of the molecule is O=c1[nH]c2ccc(CCC3CCCCN3)cc2o1. The number of hydrogen-bond acceptors (Lipinski definition) is 3. The first-order chi connectivity index (χ1) is 8.81. The van der Waals surface area contributed by atoms with Gasteiger partial charge in [-0.05, 0) is 49.9 Å². The van der Waals surface area contributed by atoms with Crippen LogP contribution in [0, 0.1) is 0 Å². The van der Waals surface area contributed by atoms with E-state index in [9.17, 15) is 4.79 Å². The molecule has 1 aromatic carbocycles. The van der Waals surface area contributed by atoms with Crippen LogP contribution in [0.25, 0.3) is 11.1 Å². The molecule has 96 valence electrons. The monoisotopic (exact) mass is 246 g/mol. The minimum atomic E-state index is -0.379. The lowest BCUT2D eigenvalue weighted by Gasteiger charge is -2.23. The molecule has 18 heavy (non-hydrogen) atoms. The van der Waals surface area contributed by atoms with Crippen molar-refractivity contribution in [3.8, 4) is 0 Å². The summed E-state index contributed by atoms with van der Waals surface area (Å²) >= 11 is 0. The molecular formula is C14H18N2O2. The van der Waals surface area contributed by atoms with Crippen LogP contribution >= 0.6 is 0 Å². The highest BCUT2D eigenvalue weighted by molar-refractivity contribution is 5.72. The van der Waals surface area contributed by atoms with Gasteiger partial charge in [0.2, 0.25) is 0 Å². The van der Waals surface area contributed by atoms with Crippen LogP contribution in [-0.4, -0.2) is 17.6 Å². The molecule has 0 saturated carbocycles. The third-order valence-electron chi connectivity index (χ3n) is 3.68. The van der Waals surface area contributed by atoms with E-state index >= 15 is 0 Å². The summed E-state index contributed by atoms with van der Waals surface area (Å²) in [5.74, 6) is -0.379. The first kappa shape index (κ1) is 11.5. The Hall–Kier alpha value is -1.55.